The van der Waals surface area contributed by atoms with E-state index < -0.39 is 0 Å². The maximum absolute atomic E-state index is 12.2. The van der Waals surface area contributed by atoms with E-state index in [2.05, 4.69) is 25.2 Å². The number of imide groups is 1. The first kappa shape index (κ1) is 21.5. The molecule has 2 aliphatic heterocycles. The van der Waals surface area contributed by atoms with Crippen molar-refractivity contribution in [2.75, 3.05) is 32.8 Å². The molecule has 0 spiro atoms. The number of nitrogens with zero attached hydrogens (tertiary/aromatic N) is 2. The topological polar surface area (TPSA) is 61.9 Å². The van der Waals surface area contributed by atoms with Crippen molar-refractivity contribution in [1.29, 1.82) is 0 Å². The number of aryl methyl sites for hydroxylation is 1. The highest BCUT2D eigenvalue weighted by molar-refractivity contribution is 6.04. The van der Waals surface area contributed by atoms with E-state index in [1.165, 1.54) is 16.0 Å². The monoisotopic (exact) mass is 395 g/mol. The van der Waals surface area contributed by atoms with Gasteiger partial charge in [-0.1, -0.05) is 12.1 Å². The van der Waals surface area contributed by atoms with Gasteiger partial charge in [0.2, 0.25) is 0 Å². The molecule has 150 valence electrons. The van der Waals surface area contributed by atoms with Crippen LogP contribution in [0.2, 0.25) is 0 Å². The van der Waals surface area contributed by atoms with Crippen LogP contribution in [0, 0.1) is 13.8 Å². The van der Waals surface area contributed by atoms with Crippen molar-refractivity contribution < 1.29 is 14.3 Å². The number of ether oxygens (including phenoxy) is 1. The Morgan fingerprint density at radius 3 is 2.78 bits per heavy atom. The predicted molar refractivity (Wildman–Crippen MR) is 108 cm³/mol. The van der Waals surface area contributed by atoms with Gasteiger partial charge in [-0.2, -0.15) is 0 Å². The van der Waals surface area contributed by atoms with Gasteiger partial charge in [0, 0.05) is 19.6 Å². The summed E-state index contributed by atoms with van der Waals surface area (Å²) in [7, 11) is 0. The molecule has 1 N–H and O–H groups in total. The van der Waals surface area contributed by atoms with Crippen LogP contribution in [-0.2, 0) is 4.79 Å². The van der Waals surface area contributed by atoms with Crippen molar-refractivity contribution >= 4 is 24.3 Å². The molecular formula is C20H30ClN3O3. The van der Waals surface area contributed by atoms with Gasteiger partial charge in [0.25, 0.3) is 5.91 Å². The Bertz CT molecular complexity index is 646. The minimum atomic E-state index is -0.178. The highest BCUT2D eigenvalue weighted by atomic mass is 35.5. The van der Waals surface area contributed by atoms with Crippen LogP contribution >= 0.6 is 12.4 Å². The van der Waals surface area contributed by atoms with Gasteiger partial charge in [-0.15, -0.1) is 12.4 Å². The Morgan fingerprint density at radius 1 is 1.19 bits per heavy atom. The molecule has 1 aromatic rings. The molecule has 1 aromatic carbocycles. The Morgan fingerprint density at radius 2 is 2.00 bits per heavy atom. The van der Waals surface area contributed by atoms with Crippen LogP contribution in [0.3, 0.4) is 0 Å². The summed E-state index contributed by atoms with van der Waals surface area (Å²) in [6.07, 6.45) is 3.54. The summed E-state index contributed by atoms with van der Waals surface area (Å²) in [5, 5.41) is 3.35. The summed E-state index contributed by atoms with van der Waals surface area (Å²) in [4.78, 5) is 27.6. The minimum Gasteiger partial charge on any atom is -0.492 e. The number of amides is 3. The molecular weight excluding hydrogens is 366 g/mol. The van der Waals surface area contributed by atoms with Crippen molar-refractivity contribution in [2.45, 2.75) is 45.6 Å². The fraction of sp³-hybridized carbons (Fsp3) is 0.600. The van der Waals surface area contributed by atoms with E-state index in [4.69, 9.17) is 4.74 Å². The van der Waals surface area contributed by atoms with Gasteiger partial charge in [0.1, 0.15) is 18.4 Å². The van der Waals surface area contributed by atoms with Crippen LogP contribution in [0.15, 0.2) is 18.2 Å². The molecule has 3 rings (SSSR count). The Balaban J connectivity index is 0.00000261. The number of hydrogen-bond donors (Lipinski definition) is 1. The number of unbranched alkanes of at least 4 members (excludes halogenated alkanes) is 1. The molecule has 2 heterocycles. The fourth-order valence-corrected chi connectivity index (χ4v) is 3.65. The summed E-state index contributed by atoms with van der Waals surface area (Å²) >= 11 is 0. The highest BCUT2D eigenvalue weighted by Gasteiger charge is 2.46. The van der Waals surface area contributed by atoms with Crippen LogP contribution in [0.25, 0.3) is 0 Å². The number of carbonyl (C=O) groups is 2. The van der Waals surface area contributed by atoms with Crippen molar-refractivity contribution in [3.8, 4) is 5.75 Å². The number of hydrogen-bond acceptors (Lipinski definition) is 4. The first-order chi connectivity index (χ1) is 12.6. The lowest BCUT2D eigenvalue weighted by Gasteiger charge is -2.15. The van der Waals surface area contributed by atoms with E-state index in [-0.39, 0.29) is 30.4 Å². The maximum Gasteiger partial charge on any atom is 0.327 e. The van der Waals surface area contributed by atoms with Gasteiger partial charge < -0.3 is 15.0 Å². The summed E-state index contributed by atoms with van der Waals surface area (Å²) in [6.45, 7) is 7.69. The van der Waals surface area contributed by atoms with Gasteiger partial charge >= 0.3 is 6.03 Å². The van der Waals surface area contributed by atoms with Crippen LogP contribution in [-0.4, -0.2) is 60.6 Å². The minimum absolute atomic E-state index is 0. The van der Waals surface area contributed by atoms with Crippen molar-refractivity contribution in [3.63, 3.8) is 0 Å². The van der Waals surface area contributed by atoms with Crippen LogP contribution < -0.4 is 10.1 Å². The Hall–Kier alpha value is -1.79. The second-order valence-electron chi connectivity index (χ2n) is 7.13. The third kappa shape index (κ3) is 4.93. The molecule has 0 aliphatic carbocycles. The number of fused-ring (bicyclic) bond motifs is 1. The van der Waals surface area contributed by atoms with E-state index in [9.17, 15) is 9.59 Å². The van der Waals surface area contributed by atoms with E-state index in [1.807, 2.05) is 12.1 Å². The number of nitrogens with one attached hydrogen (secondary N) is 1. The Kier molecular flexibility index (Phi) is 7.92. The number of carbonyl (C=O) groups excluding carboxylic acids is 2. The highest BCUT2D eigenvalue weighted by Crippen LogP contribution is 2.27. The molecule has 1 unspecified atom stereocenters. The van der Waals surface area contributed by atoms with E-state index >= 15 is 0 Å². The van der Waals surface area contributed by atoms with Crippen molar-refractivity contribution in [1.82, 2.24) is 15.1 Å². The molecule has 3 amide bonds. The molecule has 2 saturated heterocycles. The van der Waals surface area contributed by atoms with Gasteiger partial charge in [-0.3, -0.25) is 9.69 Å². The molecule has 2 fully saturated rings. The zero-order valence-electron chi connectivity index (χ0n) is 16.2. The molecule has 0 bridgehead atoms. The average molecular weight is 396 g/mol. The molecule has 27 heavy (non-hydrogen) atoms. The zero-order valence-corrected chi connectivity index (χ0v) is 17.0. The van der Waals surface area contributed by atoms with Gasteiger partial charge in [0.15, 0.2) is 0 Å². The number of urea groups is 1. The summed E-state index contributed by atoms with van der Waals surface area (Å²) in [5.41, 5.74) is 2.43. The summed E-state index contributed by atoms with van der Waals surface area (Å²) in [5.74, 6) is 0.945. The van der Waals surface area contributed by atoms with Crippen LogP contribution in [0.1, 0.15) is 36.8 Å². The molecule has 0 radical (unpaired) electrons. The van der Waals surface area contributed by atoms with Gasteiger partial charge in [0.05, 0.1) is 0 Å². The third-order valence-corrected chi connectivity index (χ3v) is 5.36. The lowest BCUT2D eigenvalue weighted by atomic mass is 10.1. The second-order valence-corrected chi connectivity index (χ2v) is 7.13. The third-order valence-electron chi connectivity index (χ3n) is 5.36. The Labute approximate surface area is 167 Å². The zero-order chi connectivity index (χ0) is 18.5. The summed E-state index contributed by atoms with van der Waals surface area (Å²) in [6, 6.07) is 5.82. The first-order valence-electron chi connectivity index (χ1n) is 9.61. The summed E-state index contributed by atoms with van der Waals surface area (Å²) < 4.78 is 5.81. The standard InChI is InChI=1S/C20H29N3O3.ClH/c1-15-7-5-9-18(16(15)2)26-14-11-21-10-3-4-12-23-19(24)17-8-6-13-22(17)20(23)25;/h5,7,9,17,21H,3-4,6,8,10-14H2,1-2H3;1H. The SMILES string of the molecule is Cc1cccc(OCCNCCCCN2C(=O)C3CCCN3C2=O)c1C.Cl. The maximum atomic E-state index is 12.2. The molecule has 0 saturated carbocycles. The van der Waals surface area contributed by atoms with Crippen molar-refractivity contribution in [3.05, 3.63) is 29.3 Å². The smallest absolute Gasteiger partial charge is 0.327 e. The number of benzene rings is 1. The molecule has 6 nitrogen and oxygen atoms in total. The van der Waals surface area contributed by atoms with Gasteiger partial charge in [-0.25, -0.2) is 4.79 Å². The average Bonchev–Trinajstić information content (AvgIpc) is 3.19. The predicted octanol–water partition coefficient (Wildman–Crippen LogP) is 2.90. The molecule has 7 heteroatoms. The lowest BCUT2D eigenvalue weighted by molar-refractivity contribution is -0.128. The van der Waals surface area contributed by atoms with Crippen LogP contribution in [0.5, 0.6) is 5.75 Å². The number of rotatable bonds is 9. The van der Waals surface area contributed by atoms with Gasteiger partial charge in [-0.05, 0) is 63.3 Å². The largest absolute Gasteiger partial charge is 0.492 e. The lowest BCUT2D eigenvalue weighted by Crippen LogP contribution is -2.34. The van der Waals surface area contributed by atoms with E-state index in [0.29, 0.717) is 13.2 Å². The molecule has 2 aliphatic rings. The molecule has 0 aromatic heterocycles. The molecule has 1 atom stereocenters. The first-order valence-corrected chi connectivity index (χ1v) is 9.61. The second kappa shape index (κ2) is 9.95. The quantitative estimate of drug-likeness (QED) is 0.516. The number of halogens is 1. The fourth-order valence-electron chi connectivity index (χ4n) is 3.65. The van der Waals surface area contributed by atoms with E-state index in [1.54, 1.807) is 4.90 Å². The normalized spacial score (nSPS) is 18.7. The van der Waals surface area contributed by atoms with E-state index in [0.717, 1.165) is 51.1 Å². The van der Waals surface area contributed by atoms with Crippen molar-refractivity contribution in [2.24, 2.45) is 0 Å². The van der Waals surface area contributed by atoms with Crippen LogP contribution in [0.4, 0.5) is 4.79 Å².